The van der Waals surface area contributed by atoms with Crippen molar-refractivity contribution in [3.63, 3.8) is 0 Å². The molecule has 3 N–H and O–H groups in total. The summed E-state index contributed by atoms with van der Waals surface area (Å²) < 4.78 is 0. The summed E-state index contributed by atoms with van der Waals surface area (Å²) in [6.45, 7) is 12.2. The maximum absolute atomic E-state index is 13.2. The van der Waals surface area contributed by atoms with Gasteiger partial charge in [-0.25, -0.2) is 9.69 Å². The lowest BCUT2D eigenvalue weighted by atomic mass is 9.78. The minimum atomic E-state index is -0.424. The number of likely N-dealkylation sites (N-methyl/N-ethyl adjacent to an activating group) is 1. The van der Waals surface area contributed by atoms with E-state index < -0.39 is 11.9 Å². The summed E-state index contributed by atoms with van der Waals surface area (Å²) >= 11 is 0. The molecule has 1 fully saturated rings. The molecule has 0 saturated carbocycles. The Hall–Kier alpha value is -3.28. The Morgan fingerprint density at radius 1 is 0.903 bits per heavy atom. The zero-order valence-corrected chi connectivity index (χ0v) is 19.3. The topological polar surface area (TPSA) is 86.9 Å². The number of hydrogen-bond acceptors (Lipinski definition) is 4. The van der Waals surface area contributed by atoms with Crippen molar-refractivity contribution < 1.29 is 14.7 Å². The number of hydrogen-bond donors (Lipinski definition) is 2. The summed E-state index contributed by atoms with van der Waals surface area (Å²) in [5.74, 6) is -0.132. The third-order valence-electron chi connectivity index (χ3n) is 5.46. The Kier molecular flexibility index (Phi) is 5.38. The van der Waals surface area contributed by atoms with E-state index in [9.17, 15) is 14.7 Å². The number of nitrogens with two attached hydrogens (primary N) is 1. The first kappa shape index (κ1) is 22.4. The van der Waals surface area contributed by atoms with Gasteiger partial charge in [-0.3, -0.25) is 9.69 Å². The predicted octanol–water partition coefficient (Wildman–Crippen LogP) is 5.01. The van der Waals surface area contributed by atoms with E-state index in [-0.39, 0.29) is 22.3 Å². The summed E-state index contributed by atoms with van der Waals surface area (Å²) in [4.78, 5) is 28.5. The van der Waals surface area contributed by atoms with Crippen LogP contribution in [0, 0.1) is 0 Å². The largest absolute Gasteiger partial charge is 0.507 e. The number of phenols is 1. The van der Waals surface area contributed by atoms with Gasteiger partial charge in [0.05, 0.1) is 5.69 Å². The molecule has 1 aliphatic heterocycles. The Bertz CT molecular complexity index is 1040. The Morgan fingerprint density at radius 2 is 1.39 bits per heavy atom. The molecule has 1 aliphatic rings. The molecule has 2 aromatic carbocycles. The number of phenolic OH excluding ortho intramolecular Hbond substituents is 1. The third kappa shape index (κ3) is 4.15. The van der Waals surface area contributed by atoms with Gasteiger partial charge in [-0.1, -0.05) is 41.5 Å². The van der Waals surface area contributed by atoms with Crippen LogP contribution >= 0.6 is 0 Å². The summed E-state index contributed by atoms with van der Waals surface area (Å²) in [5, 5.41) is 10.9. The first-order valence-corrected chi connectivity index (χ1v) is 10.3. The molecule has 6 nitrogen and oxygen atoms in total. The van der Waals surface area contributed by atoms with Crippen molar-refractivity contribution in [2.45, 2.75) is 52.4 Å². The highest BCUT2D eigenvalue weighted by Crippen LogP contribution is 2.40. The van der Waals surface area contributed by atoms with E-state index in [1.165, 1.54) is 4.90 Å². The molecule has 0 aromatic heterocycles. The predicted molar refractivity (Wildman–Crippen MR) is 125 cm³/mol. The molecule has 3 amide bonds. The van der Waals surface area contributed by atoms with E-state index in [2.05, 4.69) is 0 Å². The van der Waals surface area contributed by atoms with Gasteiger partial charge < -0.3 is 10.8 Å². The molecule has 0 atom stereocenters. The number of rotatable bonds is 2. The molecule has 0 spiro atoms. The van der Waals surface area contributed by atoms with E-state index in [1.54, 1.807) is 37.4 Å². The lowest BCUT2D eigenvalue weighted by Crippen LogP contribution is -2.31. The van der Waals surface area contributed by atoms with Crippen LogP contribution in [0.4, 0.5) is 16.2 Å². The van der Waals surface area contributed by atoms with Crippen molar-refractivity contribution in [1.82, 2.24) is 4.90 Å². The number of aromatic hydroxyl groups is 1. The zero-order valence-electron chi connectivity index (χ0n) is 19.3. The van der Waals surface area contributed by atoms with Crippen LogP contribution in [0.3, 0.4) is 0 Å². The smallest absolute Gasteiger partial charge is 0.336 e. The number of amides is 3. The van der Waals surface area contributed by atoms with Crippen molar-refractivity contribution in [2.24, 2.45) is 0 Å². The van der Waals surface area contributed by atoms with Crippen LogP contribution in [0.1, 0.15) is 58.2 Å². The van der Waals surface area contributed by atoms with Crippen LogP contribution in [-0.4, -0.2) is 29.0 Å². The molecular formula is C25H31N3O3. The molecule has 3 rings (SSSR count). The minimum absolute atomic E-state index is 0.271. The molecule has 2 aromatic rings. The normalized spacial score (nSPS) is 16.5. The molecule has 0 radical (unpaired) electrons. The number of carbonyl (C=O) groups excluding carboxylic acids is 2. The highest BCUT2D eigenvalue weighted by atomic mass is 16.3. The SMILES string of the molecule is CN1C(=O)N(c2ccc(N)cc2)C(=O)C1=Cc1cc(C(C)(C)C)c(O)c(C(C)(C)C)c1. The number of anilines is 2. The standard InChI is InChI=1S/C25H31N3O3/c1-24(2,3)18-12-15(13-19(21(18)29)25(4,5)6)14-20-22(30)28(23(31)27(20)7)17-10-8-16(26)9-11-17/h8-14,29H,26H2,1-7H3. The maximum atomic E-state index is 13.2. The van der Waals surface area contributed by atoms with Gasteiger partial charge in [-0.15, -0.1) is 0 Å². The summed E-state index contributed by atoms with van der Waals surface area (Å²) in [5.41, 5.74) is 8.78. The Labute approximate surface area is 184 Å². The van der Waals surface area contributed by atoms with E-state index in [1.807, 2.05) is 53.7 Å². The van der Waals surface area contributed by atoms with Crippen LogP contribution in [0.5, 0.6) is 5.75 Å². The average molecular weight is 422 g/mol. The molecule has 0 bridgehead atoms. The summed E-state index contributed by atoms with van der Waals surface area (Å²) in [6, 6.07) is 9.96. The molecule has 0 aliphatic carbocycles. The average Bonchev–Trinajstić information content (AvgIpc) is 2.85. The van der Waals surface area contributed by atoms with Gasteiger partial charge in [-0.05, 0) is 58.9 Å². The van der Waals surface area contributed by atoms with Crippen LogP contribution in [0.2, 0.25) is 0 Å². The monoisotopic (exact) mass is 421 g/mol. The number of nitrogen functional groups attached to an aromatic ring is 1. The number of urea groups is 1. The lowest BCUT2D eigenvalue weighted by molar-refractivity contribution is -0.114. The number of imide groups is 1. The zero-order chi connectivity index (χ0) is 23.3. The first-order chi connectivity index (χ1) is 14.2. The fourth-order valence-electron chi connectivity index (χ4n) is 3.65. The molecule has 6 heteroatoms. The van der Waals surface area contributed by atoms with E-state index in [0.717, 1.165) is 21.6 Å². The highest BCUT2D eigenvalue weighted by molar-refractivity contribution is 6.28. The Morgan fingerprint density at radius 3 is 1.84 bits per heavy atom. The van der Waals surface area contributed by atoms with Crippen LogP contribution in [0.25, 0.3) is 6.08 Å². The summed E-state index contributed by atoms with van der Waals surface area (Å²) in [6.07, 6.45) is 1.71. The van der Waals surface area contributed by atoms with E-state index in [0.29, 0.717) is 11.4 Å². The first-order valence-electron chi connectivity index (χ1n) is 10.3. The fraction of sp³-hybridized carbons (Fsp3) is 0.360. The van der Waals surface area contributed by atoms with E-state index in [4.69, 9.17) is 5.73 Å². The molecule has 1 heterocycles. The number of benzene rings is 2. The van der Waals surface area contributed by atoms with Gasteiger partial charge in [0, 0.05) is 23.9 Å². The van der Waals surface area contributed by atoms with Crippen molar-refractivity contribution in [3.05, 3.63) is 58.8 Å². The third-order valence-corrected chi connectivity index (χ3v) is 5.46. The van der Waals surface area contributed by atoms with Gasteiger partial charge in [0.15, 0.2) is 0 Å². The summed E-state index contributed by atoms with van der Waals surface area (Å²) in [7, 11) is 1.58. The second kappa shape index (κ2) is 7.45. The minimum Gasteiger partial charge on any atom is -0.507 e. The molecule has 1 saturated heterocycles. The van der Waals surface area contributed by atoms with Gasteiger partial charge in [0.1, 0.15) is 11.4 Å². The number of carbonyl (C=O) groups is 2. The Balaban J connectivity index is 2.13. The second-order valence-corrected chi connectivity index (χ2v) is 10.1. The van der Waals surface area contributed by atoms with E-state index >= 15 is 0 Å². The second-order valence-electron chi connectivity index (χ2n) is 10.1. The van der Waals surface area contributed by atoms with Gasteiger partial charge in [0.25, 0.3) is 5.91 Å². The van der Waals surface area contributed by atoms with Crippen LogP contribution in [-0.2, 0) is 15.6 Å². The quantitative estimate of drug-likeness (QED) is 0.405. The molecular weight excluding hydrogens is 390 g/mol. The molecule has 31 heavy (non-hydrogen) atoms. The highest BCUT2D eigenvalue weighted by Gasteiger charge is 2.40. The molecule has 0 unspecified atom stereocenters. The van der Waals surface area contributed by atoms with Crippen LogP contribution in [0.15, 0.2) is 42.1 Å². The maximum Gasteiger partial charge on any atom is 0.336 e. The van der Waals surface area contributed by atoms with Gasteiger partial charge in [0.2, 0.25) is 0 Å². The van der Waals surface area contributed by atoms with Gasteiger partial charge >= 0.3 is 6.03 Å². The van der Waals surface area contributed by atoms with Gasteiger partial charge in [-0.2, -0.15) is 0 Å². The lowest BCUT2D eigenvalue weighted by Gasteiger charge is -2.28. The van der Waals surface area contributed by atoms with Crippen LogP contribution < -0.4 is 10.6 Å². The number of nitrogens with zero attached hydrogens (tertiary/aromatic N) is 2. The van der Waals surface area contributed by atoms with Crippen molar-refractivity contribution in [2.75, 3.05) is 17.7 Å². The van der Waals surface area contributed by atoms with Crippen molar-refractivity contribution in [1.29, 1.82) is 0 Å². The molecule has 164 valence electrons. The van der Waals surface area contributed by atoms with Crippen molar-refractivity contribution in [3.8, 4) is 5.75 Å². The fourth-order valence-corrected chi connectivity index (χ4v) is 3.65. The van der Waals surface area contributed by atoms with Crippen molar-refractivity contribution >= 4 is 29.4 Å².